The van der Waals surface area contributed by atoms with Crippen LogP contribution in [0.4, 0.5) is 19.0 Å². The molecular formula is C18H14ClF3N4O2. The lowest BCUT2D eigenvalue weighted by atomic mass is 9.89. The molecule has 10 heteroatoms. The molecule has 0 unspecified atom stereocenters. The largest absolute Gasteiger partial charge is 0.433 e. The van der Waals surface area contributed by atoms with Gasteiger partial charge in [-0.05, 0) is 37.1 Å². The number of hydrogen-bond donors (Lipinski definition) is 2. The molecule has 1 aliphatic rings. The van der Waals surface area contributed by atoms with Gasteiger partial charge in [-0.3, -0.25) is 0 Å². The minimum absolute atomic E-state index is 0.122. The Morgan fingerprint density at radius 3 is 2.50 bits per heavy atom. The van der Waals surface area contributed by atoms with Crippen molar-refractivity contribution in [3.63, 3.8) is 0 Å². The van der Waals surface area contributed by atoms with Crippen LogP contribution in [0, 0.1) is 0 Å². The van der Waals surface area contributed by atoms with Gasteiger partial charge >= 0.3 is 11.9 Å². The Bertz CT molecular complexity index is 1110. The molecule has 2 aromatic heterocycles. The Morgan fingerprint density at radius 1 is 1.14 bits per heavy atom. The van der Waals surface area contributed by atoms with Crippen molar-refractivity contribution in [1.82, 2.24) is 14.5 Å². The predicted octanol–water partition coefficient (Wildman–Crippen LogP) is 3.39. The number of para-hydroxylation sites is 1. The summed E-state index contributed by atoms with van der Waals surface area (Å²) in [5.41, 5.74) is -1.96. The number of nitrogens with zero attached hydrogens (tertiary/aromatic N) is 3. The van der Waals surface area contributed by atoms with Crippen molar-refractivity contribution in [3.05, 3.63) is 57.6 Å². The number of benzene rings is 1. The number of aliphatic hydroxyl groups is 1. The fourth-order valence-corrected chi connectivity index (χ4v) is 3.34. The summed E-state index contributed by atoms with van der Waals surface area (Å²) in [4.78, 5) is 20.4. The van der Waals surface area contributed by atoms with Crippen molar-refractivity contribution in [2.24, 2.45) is 0 Å². The van der Waals surface area contributed by atoms with Crippen LogP contribution in [0.25, 0.3) is 16.7 Å². The minimum Gasteiger partial charge on any atom is -0.393 e. The Morgan fingerprint density at radius 2 is 1.86 bits per heavy atom. The average molecular weight is 411 g/mol. The molecule has 0 radical (unpaired) electrons. The third kappa shape index (κ3) is 3.31. The summed E-state index contributed by atoms with van der Waals surface area (Å²) >= 11 is 6.15. The maximum atomic E-state index is 13.2. The Balaban J connectivity index is 1.96. The molecule has 0 spiro atoms. The van der Waals surface area contributed by atoms with Gasteiger partial charge in [0, 0.05) is 6.04 Å². The highest BCUT2D eigenvalue weighted by molar-refractivity contribution is 6.32. The smallest absolute Gasteiger partial charge is 0.393 e. The van der Waals surface area contributed by atoms with Crippen molar-refractivity contribution >= 4 is 28.5 Å². The first-order valence-electron chi connectivity index (χ1n) is 8.44. The topological polar surface area (TPSA) is 80.0 Å². The third-order valence-corrected chi connectivity index (χ3v) is 4.90. The van der Waals surface area contributed by atoms with Gasteiger partial charge in [-0.15, -0.1) is 0 Å². The van der Waals surface area contributed by atoms with Crippen LogP contribution in [0.15, 0.2) is 41.2 Å². The molecule has 1 fully saturated rings. The molecule has 0 bridgehead atoms. The summed E-state index contributed by atoms with van der Waals surface area (Å²) in [6.07, 6.45) is -4.19. The molecule has 0 aliphatic heterocycles. The number of fused-ring (bicyclic) bond motifs is 1. The van der Waals surface area contributed by atoms with E-state index < -0.39 is 23.7 Å². The predicted molar refractivity (Wildman–Crippen MR) is 97.8 cm³/mol. The fraction of sp³-hybridized carbons (Fsp3) is 0.278. The molecule has 28 heavy (non-hydrogen) atoms. The van der Waals surface area contributed by atoms with Gasteiger partial charge < -0.3 is 10.4 Å². The van der Waals surface area contributed by atoms with E-state index in [0.717, 1.165) is 10.6 Å². The van der Waals surface area contributed by atoms with E-state index in [2.05, 4.69) is 15.3 Å². The van der Waals surface area contributed by atoms with Crippen molar-refractivity contribution in [2.45, 2.75) is 31.2 Å². The van der Waals surface area contributed by atoms with Crippen molar-refractivity contribution in [3.8, 4) is 5.69 Å². The highest BCUT2D eigenvalue weighted by atomic mass is 35.5. The standard InChI is InChI=1S/C18H14ClF3N4O2/c19-12-3-1-2-4-13(12)26-16-11(5-6-14(24-16)18(20,21)22)15(25-17(26)28)23-9-7-10(27)8-9/h1-6,9-10,27H,7-8H2,(H,23,25,28)/t9-,10-. The van der Waals surface area contributed by atoms with Gasteiger partial charge in [0.05, 0.1) is 22.2 Å². The van der Waals surface area contributed by atoms with Crippen LogP contribution < -0.4 is 11.0 Å². The Labute approximate surface area is 161 Å². The molecule has 1 aromatic carbocycles. The lowest BCUT2D eigenvalue weighted by Gasteiger charge is -2.32. The first-order chi connectivity index (χ1) is 13.2. The highest BCUT2D eigenvalue weighted by Crippen LogP contribution is 2.32. The van der Waals surface area contributed by atoms with Crippen LogP contribution in [-0.2, 0) is 6.18 Å². The molecule has 0 amide bonds. The van der Waals surface area contributed by atoms with E-state index in [1.807, 2.05) is 0 Å². The number of anilines is 1. The Kier molecular flexibility index (Phi) is 4.51. The van der Waals surface area contributed by atoms with Gasteiger partial charge in [0.25, 0.3) is 0 Å². The summed E-state index contributed by atoms with van der Waals surface area (Å²) < 4.78 is 40.6. The number of rotatable bonds is 3. The monoisotopic (exact) mass is 410 g/mol. The molecule has 2 heterocycles. The number of hydrogen-bond acceptors (Lipinski definition) is 5. The number of aromatic nitrogens is 3. The van der Waals surface area contributed by atoms with E-state index in [1.54, 1.807) is 12.1 Å². The van der Waals surface area contributed by atoms with Gasteiger partial charge in [-0.1, -0.05) is 23.7 Å². The SMILES string of the molecule is O=c1nc(N[C@H]2C[C@H](O)C2)c2ccc(C(F)(F)F)nc2n1-c1ccccc1Cl. The summed E-state index contributed by atoms with van der Waals surface area (Å²) in [6, 6.07) is 8.21. The van der Waals surface area contributed by atoms with Gasteiger partial charge in [-0.2, -0.15) is 18.2 Å². The molecule has 0 atom stereocenters. The van der Waals surface area contributed by atoms with Crippen LogP contribution in [0.3, 0.4) is 0 Å². The van der Waals surface area contributed by atoms with E-state index in [-0.39, 0.29) is 33.6 Å². The van der Waals surface area contributed by atoms with Crippen LogP contribution in [0.1, 0.15) is 18.5 Å². The van der Waals surface area contributed by atoms with Crippen LogP contribution in [0.5, 0.6) is 0 Å². The van der Waals surface area contributed by atoms with Gasteiger partial charge in [0.1, 0.15) is 11.5 Å². The summed E-state index contributed by atoms with van der Waals surface area (Å²) in [7, 11) is 0. The van der Waals surface area contributed by atoms with E-state index >= 15 is 0 Å². The van der Waals surface area contributed by atoms with E-state index in [0.29, 0.717) is 12.8 Å². The molecule has 4 rings (SSSR count). The molecule has 0 saturated heterocycles. The lowest BCUT2D eigenvalue weighted by Crippen LogP contribution is -2.40. The zero-order chi connectivity index (χ0) is 20.1. The second kappa shape index (κ2) is 6.75. The number of pyridine rings is 1. The minimum atomic E-state index is -4.68. The number of aliphatic hydroxyl groups excluding tert-OH is 1. The highest BCUT2D eigenvalue weighted by Gasteiger charge is 2.34. The first kappa shape index (κ1) is 18.7. The summed E-state index contributed by atoms with van der Waals surface area (Å²) in [6.45, 7) is 0. The normalized spacial score (nSPS) is 19.5. The number of halogens is 4. The Hall–Kier alpha value is -2.65. The zero-order valence-electron chi connectivity index (χ0n) is 14.2. The summed E-state index contributed by atoms with van der Waals surface area (Å²) in [5.74, 6) is 0.126. The lowest BCUT2D eigenvalue weighted by molar-refractivity contribution is -0.141. The molecule has 2 N–H and O–H groups in total. The van der Waals surface area contributed by atoms with Crippen molar-refractivity contribution in [2.75, 3.05) is 5.32 Å². The number of nitrogens with one attached hydrogen (secondary N) is 1. The van der Waals surface area contributed by atoms with Gasteiger partial charge in [-0.25, -0.2) is 14.3 Å². The fourth-order valence-electron chi connectivity index (χ4n) is 3.12. The molecule has 146 valence electrons. The molecular weight excluding hydrogens is 397 g/mol. The average Bonchev–Trinajstić information content (AvgIpc) is 2.60. The maximum Gasteiger partial charge on any atom is 0.433 e. The second-order valence-corrected chi connectivity index (χ2v) is 6.97. The van der Waals surface area contributed by atoms with Crippen molar-refractivity contribution < 1.29 is 18.3 Å². The molecule has 1 saturated carbocycles. The maximum absolute atomic E-state index is 13.2. The molecule has 3 aromatic rings. The molecule has 6 nitrogen and oxygen atoms in total. The quantitative estimate of drug-likeness (QED) is 0.692. The van der Waals surface area contributed by atoms with E-state index in [4.69, 9.17) is 11.6 Å². The summed E-state index contributed by atoms with van der Waals surface area (Å²) in [5, 5.41) is 12.9. The van der Waals surface area contributed by atoms with Gasteiger partial charge in [0.2, 0.25) is 0 Å². The third-order valence-electron chi connectivity index (χ3n) is 4.58. The molecule has 1 aliphatic carbocycles. The van der Waals surface area contributed by atoms with Crippen molar-refractivity contribution in [1.29, 1.82) is 0 Å². The van der Waals surface area contributed by atoms with Crippen LogP contribution >= 0.6 is 11.6 Å². The number of alkyl halides is 3. The van der Waals surface area contributed by atoms with Crippen LogP contribution in [-0.4, -0.2) is 31.8 Å². The van der Waals surface area contributed by atoms with Crippen LogP contribution in [0.2, 0.25) is 5.02 Å². The first-order valence-corrected chi connectivity index (χ1v) is 8.82. The van der Waals surface area contributed by atoms with E-state index in [1.165, 1.54) is 18.2 Å². The second-order valence-electron chi connectivity index (χ2n) is 6.56. The van der Waals surface area contributed by atoms with E-state index in [9.17, 15) is 23.1 Å². The van der Waals surface area contributed by atoms with Gasteiger partial charge in [0.15, 0.2) is 5.65 Å². The zero-order valence-corrected chi connectivity index (χ0v) is 15.0.